The second-order valence-corrected chi connectivity index (χ2v) is 3.15. The summed E-state index contributed by atoms with van der Waals surface area (Å²) in [4.78, 5) is 0. The van der Waals surface area contributed by atoms with Crippen LogP contribution in [0.5, 0.6) is 0 Å². The molecule has 1 heterocycles. The minimum Gasteiger partial charge on any atom is -0.378 e. The Bertz CT molecular complexity index is 120. The van der Waals surface area contributed by atoms with Crippen molar-refractivity contribution >= 4 is 0 Å². The quantitative estimate of drug-likeness (QED) is 0.483. The summed E-state index contributed by atoms with van der Waals surface area (Å²) in [6.45, 7) is 1.13. The topological polar surface area (TPSA) is 9.23 Å². The van der Waals surface area contributed by atoms with Crippen molar-refractivity contribution in [2.75, 3.05) is 13.2 Å². The standard InChI is InChI=1S/C7H11FO/c8-6-5-9-4-3-7(6)1-2-7/h6H,1-5H2/t6-/m0/s1. The molecule has 0 radical (unpaired) electrons. The minimum absolute atomic E-state index is 0.0955. The lowest BCUT2D eigenvalue weighted by atomic mass is 9.95. The average molecular weight is 130 g/mol. The van der Waals surface area contributed by atoms with Crippen molar-refractivity contribution in [1.82, 2.24) is 0 Å². The molecule has 2 heteroatoms. The van der Waals surface area contributed by atoms with E-state index in [0.717, 1.165) is 25.9 Å². The van der Waals surface area contributed by atoms with E-state index in [9.17, 15) is 4.39 Å². The van der Waals surface area contributed by atoms with Crippen LogP contribution in [-0.4, -0.2) is 19.4 Å². The van der Waals surface area contributed by atoms with Crippen LogP contribution in [0.2, 0.25) is 0 Å². The van der Waals surface area contributed by atoms with Crippen LogP contribution in [0.4, 0.5) is 4.39 Å². The third-order valence-electron chi connectivity index (χ3n) is 2.57. The van der Waals surface area contributed by atoms with Crippen molar-refractivity contribution < 1.29 is 9.13 Å². The molecule has 0 aromatic rings. The molecule has 52 valence electrons. The van der Waals surface area contributed by atoms with Crippen LogP contribution in [0.1, 0.15) is 19.3 Å². The Balaban J connectivity index is 2.03. The number of ether oxygens (including phenoxy) is 1. The van der Waals surface area contributed by atoms with Gasteiger partial charge in [0.15, 0.2) is 0 Å². The molecular weight excluding hydrogens is 119 g/mol. The number of alkyl halides is 1. The van der Waals surface area contributed by atoms with Crippen molar-refractivity contribution in [3.8, 4) is 0 Å². The Morgan fingerprint density at radius 1 is 1.33 bits per heavy atom. The fourth-order valence-corrected chi connectivity index (χ4v) is 1.52. The second-order valence-electron chi connectivity index (χ2n) is 3.15. The highest BCUT2D eigenvalue weighted by molar-refractivity contribution is 5.00. The molecule has 1 saturated heterocycles. The van der Waals surface area contributed by atoms with E-state index in [0.29, 0.717) is 6.61 Å². The Hall–Kier alpha value is -0.110. The van der Waals surface area contributed by atoms with Crippen molar-refractivity contribution in [3.05, 3.63) is 0 Å². The fraction of sp³-hybridized carbons (Fsp3) is 1.00. The second kappa shape index (κ2) is 1.69. The summed E-state index contributed by atoms with van der Waals surface area (Å²) in [6.07, 6.45) is 2.48. The van der Waals surface area contributed by atoms with Crippen LogP contribution >= 0.6 is 0 Å². The lowest BCUT2D eigenvalue weighted by Gasteiger charge is -2.25. The number of rotatable bonds is 0. The molecule has 1 nitrogen and oxygen atoms in total. The van der Waals surface area contributed by atoms with Crippen molar-refractivity contribution in [1.29, 1.82) is 0 Å². The minimum atomic E-state index is -0.661. The van der Waals surface area contributed by atoms with Crippen LogP contribution < -0.4 is 0 Å². The van der Waals surface area contributed by atoms with Gasteiger partial charge in [-0.1, -0.05) is 0 Å². The van der Waals surface area contributed by atoms with Gasteiger partial charge >= 0.3 is 0 Å². The highest BCUT2D eigenvalue weighted by atomic mass is 19.1. The van der Waals surface area contributed by atoms with Crippen LogP contribution in [0.25, 0.3) is 0 Å². The van der Waals surface area contributed by atoms with Crippen molar-refractivity contribution in [3.63, 3.8) is 0 Å². The van der Waals surface area contributed by atoms with E-state index in [1.54, 1.807) is 0 Å². The molecule has 0 N–H and O–H groups in total. The molecule has 2 aliphatic rings. The summed E-state index contributed by atoms with van der Waals surface area (Å²) in [7, 11) is 0. The molecule has 1 aliphatic heterocycles. The Morgan fingerprint density at radius 3 is 2.56 bits per heavy atom. The average Bonchev–Trinajstić information content (AvgIpc) is 2.60. The van der Waals surface area contributed by atoms with Crippen LogP contribution in [0, 0.1) is 5.41 Å². The Kier molecular flexibility index (Phi) is 1.06. The molecule has 0 unspecified atom stereocenters. The number of hydrogen-bond acceptors (Lipinski definition) is 1. The van der Waals surface area contributed by atoms with Gasteiger partial charge in [-0.2, -0.15) is 0 Å². The van der Waals surface area contributed by atoms with Gasteiger partial charge in [-0.05, 0) is 19.3 Å². The Labute approximate surface area is 54.2 Å². The predicted octanol–water partition coefficient (Wildman–Crippen LogP) is 1.52. The van der Waals surface area contributed by atoms with Gasteiger partial charge in [-0.3, -0.25) is 0 Å². The van der Waals surface area contributed by atoms with Gasteiger partial charge in [-0.15, -0.1) is 0 Å². The van der Waals surface area contributed by atoms with E-state index in [-0.39, 0.29) is 5.41 Å². The highest BCUT2D eigenvalue weighted by Gasteiger charge is 2.51. The van der Waals surface area contributed by atoms with Crippen molar-refractivity contribution in [2.45, 2.75) is 25.4 Å². The molecule has 0 aromatic heterocycles. The van der Waals surface area contributed by atoms with Crippen LogP contribution in [0.15, 0.2) is 0 Å². The largest absolute Gasteiger partial charge is 0.378 e. The monoisotopic (exact) mass is 130 g/mol. The van der Waals surface area contributed by atoms with Gasteiger partial charge in [0.2, 0.25) is 0 Å². The molecule has 0 bridgehead atoms. The molecule has 1 spiro atoms. The molecule has 2 fully saturated rings. The summed E-state index contributed by atoms with van der Waals surface area (Å²) < 4.78 is 17.9. The predicted molar refractivity (Wildman–Crippen MR) is 32.0 cm³/mol. The maximum Gasteiger partial charge on any atom is 0.129 e. The first-order valence-electron chi connectivity index (χ1n) is 3.55. The number of hydrogen-bond donors (Lipinski definition) is 0. The van der Waals surface area contributed by atoms with Gasteiger partial charge in [0, 0.05) is 12.0 Å². The molecule has 1 aliphatic carbocycles. The van der Waals surface area contributed by atoms with E-state index >= 15 is 0 Å². The summed E-state index contributed by atoms with van der Waals surface area (Å²) in [5.41, 5.74) is 0.0955. The van der Waals surface area contributed by atoms with E-state index in [2.05, 4.69) is 0 Å². The lowest BCUT2D eigenvalue weighted by Crippen LogP contribution is -2.30. The third kappa shape index (κ3) is 0.767. The maximum atomic E-state index is 12.9. The third-order valence-corrected chi connectivity index (χ3v) is 2.57. The van der Waals surface area contributed by atoms with E-state index in [4.69, 9.17) is 4.74 Å². The zero-order valence-electron chi connectivity index (χ0n) is 5.40. The van der Waals surface area contributed by atoms with Gasteiger partial charge in [0.25, 0.3) is 0 Å². The molecule has 2 rings (SSSR count). The summed E-state index contributed by atoms with van der Waals surface area (Å²) in [5.74, 6) is 0. The smallest absolute Gasteiger partial charge is 0.129 e. The maximum absolute atomic E-state index is 12.9. The van der Waals surface area contributed by atoms with Crippen molar-refractivity contribution in [2.24, 2.45) is 5.41 Å². The van der Waals surface area contributed by atoms with Gasteiger partial charge in [-0.25, -0.2) is 4.39 Å². The molecule has 9 heavy (non-hydrogen) atoms. The fourth-order valence-electron chi connectivity index (χ4n) is 1.52. The first-order valence-corrected chi connectivity index (χ1v) is 3.55. The van der Waals surface area contributed by atoms with Crippen LogP contribution in [-0.2, 0) is 4.74 Å². The van der Waals surface area contributed by atoms with Crippen LogP contribution in [0.3, 0.4) is 0 Å². The van der Waals surface area contributed by atoms with E-state index in [1.807, 2.05) is 0 Å². The normalized spacial score (nSPS) is 39.0. The molecular formula is C7H11FO. The summed E-state index contributed by atoms with van der Waals surface area (Å²) in [6, 6.07) is 0. The molecule has 0 aromatic carbocycles. The van der Waals surface area contributed by atoms with E-state index in [1.165, 1.54) is 0 Å². The molecule has 0 amide bonds. The SMILES string of the molecule is F[C@H]1COCCC12CC2. The number of halogens is 1. The zero-order valence-corrected chi connectivity index (χ0v) is 5.40. The highest BCUT2D eigenvalue weighted by Crippen LogP contribution is 2.54. The molecule has 1 atom stereocenters. The van der Waals surface area contributed by atoms with Gasteiger partial charge < -0.3 is 4.74 Å². The summed E-state index contributed by atoms with van der Waals surface area (Å²) >= 11 is 0. The zero-order chi connectivity index (χ0) is 6.32. The Morgan fingerprint density at radius 2 is 2.11 bits per heavy atom. The van der Waals surface area contributed by atoms with Gasteiger partial charge in [0.05, 0.1) is 6.61 Å². The summed E-state index contributed by atoms with van der Waals surface area (Å²) in [5, 5.41) is 0. The first-order chi connectivity index (χ1) is 4.33. The van der Waals surface area contributed by atoms with Gasteiger partial charge in [0.1, 0.15) is 6.17 Å². The lowest BCUT2D eigenvalue weighted by molar-refractivity contribution is -0.0122. The van der Waals surface area contributed by atoms with E-state index < -0.39 is 6.17 Å². The molecule has 1 saturated carbocycles. The first kappa shape index (κ1) is 5.66.